The lowest BCUT2D eigenvalue weighted by molar-refractivity contribution is -0.126. The maximum Gasteiger partial charge on any atom is 0.237 e. The van der Waals surface area contributed by atoms with Gasteiger partial charge in [-0.1, -0.05) is 6.07 Å². The van der Waals surface area contributed by atoms with Crippen molar-refractivity contribution in [2.45, 2.75) is 26.4 Å². The summed E-state index contributed by atoms with van der Waals surface area (Å²) in [5.74, 6) is 0.0856. The fraction of sp³-hybridized carbons (Fsp3) is 0.571. The highest BCUT2D eigenvalue weighted by Gasteiger charge is 2.22. The number of nitrogens with zero attached hydrogens (tertiary/aromatic N) is 2. The third-order valence-corrected chi connectivity index (χ3v) is 3.52. The molecule has 1 atom stereocenters. The molecule has 0 bridgehead atoms. The maximum absolute atomic E-state index is 12.1. The number of hydrogen-bond acceptors (Lipinski definition) is 4. The second-order valence-electron chi connectivity index (χ2n) is 4.99. The van der Waals surface area contributed by atoms with Crippen LogP contribution in [-0.2, 0) is 11.3 Å². The van der Waals surface area contributed by atoms with Gasteiger partial charge in [0, 0.05) is 44.6 Å². The molecule has 5 nitrogen and oxygen atoms in total. The number of nitrogens with one attached hydrogen (secondary N) is 2. The van der Waals surface area contributed by atoms with Gasteiger partial charge >= 0.3 is 0 Å². The van der Waals surface area contributed by atoms with E-state index in [-0.39, 0.29) is 11.9 Å². The summed E-state index contributed by atoms with van der Waals surface area (Å²) in [7, 11) is 0. The second kappa shape index (κ2) is 6.63. The van der Waals surface area contributed by atoms with Crippen LogP contribution in [0.2, 0.25) is 0 Å². The van der Waals surface area contributed by atoms with Crippen LogP contribution < -0.4 is 10.6 Å². The summed E-state index contributed by atoms with van der Waals surface area (Å²) in [4.78, 5) is 18.5. The summed E-state index contributed by atoms with van der Waals surface area (Å²) in [5.41, 5.74) is 2.02. The van der Waals surface area contributed by atoms with Crippen LogP contribution in [0.1, 0.15) is 18.2 Å². The highest BCUT2D eigenvalue weighted by atomic mass is 16.2. The van der Waals surface area contributed by atoms with E-state index >= 15 is 0 Å². The van der Waals surface area contributed by atoms with Crippen molar-refractivity contribution in [2.24, 2.45) is 0 Å². The van der Waals surface area contributed by atoms with Crippen LogP contribution >= 0.6 is 0 Å². The molecule has 104 valence electrons. The minimum atomic E-state index is -0.0690. The van der Waals surface area contributed by atoms with E-state index in [9.17, 15) is 4.79 Å². The molecule has 1 aliphatic rings. The van der Waals surface area contributed by atoms with Crippen LogP contribution in [0.4, 0.5) is 0 Å². The van der Waals surface area contributed by atoms with Crippen LogP contribution in [0, 0.1) is 6.92 Å². The van der Waals surface area contributed by atoms with Crippen molar-refractivity contribution in [1.82, 2.24) is 20.5 Å². The van der Waals surface area contributed by atoms with E-state index in [0.717, 1.165) is 37.4 Å². The van der Waals surface area contributed by atoms with E-state index < -0.39 is 0 Å². The summed E-state index contributed by atoms with van der Waals surface area (Å²) in [6.45, 7) is 8.24. The van der Waals surface area contributed by atoms with Crippen molar-refractivity contribution >= 4 is 5.91 Å². The normalized spacial score (nSPS) is 18.0. The van der Waals surface area contributed by atoms with Crippen LogP contribution in [0.5, 0.6) is 0 Å². The number of piperazine rings is 1. The summed E-state index contributed by atoms with van der Waals surface area (Å²) < 4.78 is 0. The molecule has 2 heterocycles. The van der Waals surface area contributed by atoms with Gasteiger partial charge < -0.3 is 10.6 Å². The lowest BCUT2D eigenvalue weighted by atomic mass is 10.2. The quantitative estimate of drug-likeness (QED) is 0.819. The Morgan fingerprint density at radius 2 is 2.21 bits per heavy atom. The fourth-order valence-electron chi connectivity index (χ4n) is 2.18. The molecule has 5 heteroatoms. The van der Waals surface area contributed by atoms with Gasteiger partial charge in [0.1, 0.15) is 0 Å². The summed E-state index contributed by atoms with van der Waals surface area (Å²) in [6.07, 6.45) is 1.81. The topological polar surface area (TPSA) is 57.3 Å². The number of pyridine rings is 1. The molecule has 0 saturated carbocycles. The molecular formula is C14H22N4O. The molecule has 2 rings (SSSR count). The zero-order valence-electron chi connectivity index (χ0n) is 11.6. The number of rotatable bonds is 4. The first-order valence-corrected chi connectivity index (χ1v) is 6.81. The van der Waals surface area contributed by atoms with Gasteiger partial charge in [0.05, 0.1) is 6.04 Å². The summed E-state index contributed by atoms with van der Waals surface area (Å²) in [5, 5.41) is 6.26. The molecule has 0 radical (unpaired) electrons. The third kappa shape index (κ3) is 4.01. The van der Waals surface area contributed by atoms with Crippen LogP contribution in [-0.4, -0.2) is 48.0 Å². The molecule has 0 aliphatic carbocycles. The largest absolute Gasteiger partial charge is 0.351 e. The molecule has 19 heavy (non-hydrogen) atoms. The molecule has 1 saturated heterocycles. The Hall–Kier alpha value is -1.46. The van der Waals surface area contributed by atoms with E-state index in [0.29, 0.717) is 6.54 Å². The predicted molar refractivity (Wildman–Crippen MR) is 74.7 cm³/mol. The SMILES string of the molecule is Cc1ccc(CNC(=O)C(C)N2CCNCC2)cn1. The van der Waals surface area contributed by atoms with Crippen LogP contribution in [0.25, 0.3) is 0 Å². The first-order valence-electron chi connectivity index (χ1n) is 6.81. The molecule has 1 aromatic heterocycles. The summed E-state index contributed by atoms with van der Waals surface area (Å²) in [6, 6.07) is 3.89. The van der Waals surface area contributed by atoms with Gasteiger partial charge in [-0.3, -0.25) is 14.7 Å². The Labute approximate surface area is 114 Å². The van der Waals surface area contributed by atoms with Gasteiger partial charge in [-0.25, -0.2) is 0 Å². The number of aromatic nitrogens is 1. The Balaban J connectivity index is 1.81. The molecule has 1 unspecified atom stereocenters. The van der Waals surface area contributed by atoms with E-state index in [1.807, 2.05) is 32.2 Å². The minimum Gasteiger partial charge on any atom is -0.351 e. The molecule has 1 fully saturated rings. The maximum atomic E-state index is 12.1. The average molecular weight is 262 g/mol. The highest BCUT2D eigenvalue weighted by molar-refractivity contribution is 5.81. The number of aryl methyl sites for hydroxylation is 1. The Bertz CT molecular complexity index is 412. The van der Waals surface area contributed by atoms with Crippen molar-refractivity contribution in [1.29, 1.82) is 0 Å². The Morgan fingerprint density at radius 1 is 1.47 bits per heavy atom. The van der Waals surface area contributed by atoms with E-state index in [4.69, 9.17) is 0 Å². The zero-order chi connectivity index (χ0) is 13.7. The van der Waals surface area contributed by atoms with Gasteiger partial charge in [-0.15, -0.1) is 0 Å². The number of carbonyl (C=O) groups is 1. The predicted octanol–water partition coefficient (Wildman–Crippen LogP) is 0.300. The third-order valence-electron chi connectivity index (χ3n) is 3.52. The van der Waals surface area contributed by atoms with Crippen LogP contribution in [0.3, 0.4) is 0 Å². The van der Waals surface area contributed by atoms with Gasteiger partial charge in [0.15, 0.2) is 0 Å². The molecule has 2 N–H and O–H groups in total. The smallest absolute Gasteiger partial charge is 0.237 e. The number of amides is 1. The monoisotopic (exact) mass is 262 g/mol. The molecule has 1 aromatic rings. The first kappa shape index (κ1) is 14.0. The van der Waals surface area contributed by atoms with Crippen molar-refractivity contribution < 1.29 is 4.79 Å². The Morgan fingerprint density at radius 3 is 2.84 bits per heavy atom. The fourth-order valence-corrected chi connectivity index (χ4v) is 2.18. The van der Waals surface area contributed by atoms with E-state index in [1.165, 1.54) is 0 Å². The van der Waals surface area contributed by atoms with E-state index in [1.54, 1.807) is 0 Å². The minimum absolute atomic E-state index is 0.0690. The summed E-state index contributed by atoms with van der Waals surface area (Å²) >= 11 is 0. The Kier molecular flexibility index (Phi) is 4.87. The number of carbonyl (C=O) groups excluding carboxylic acids is 1. The van der Waals surface area contributed by atoms with Gasteiger partial charge in [-0.05, 0) is 25.5 Å². The average Bonchev–Trinajstić information content (AvgIpc) is 2.46. The van der Waals surface area contributed by atoms with Crippen molar-refractivity contribution in [3.63, 3.8) is 0 Å². The lowest BCUT2D eigenvalue weighted by Gasteiger charge is -2.31. The van der Waals surface area contributed by atoms with Crippen molar-refractivity contribution in [3.8, 4) is 0 Å². The molecule has 0 aromatic carbocycles. The number of hydrogen-bond donors (Lipinski definition) is 2. The van der Waals surface area contributed by atoms with Gasteiger partial charge in [-0.2, -0.15) is 0 Å². The van der Waals surface area contributed by atoms with E-state index in [2.05, 4.69) is 20.5 Å². The zero-order valence-corrected chi connectivity index (χ0v) is 11.6. The van der Waals surface area contributed by atoms with Crippen LogP contribution in [0.15, 0.2) is 18.3 Å². The van der Waals surface area contributed by atoms with Crippen molar-refractivity contribution in [2.75, 3.05) is 26.2 Å². The second-order valence-corrected chi connectivity index (χ2v) is 4.99. The van der Waals surface area contributed by atoms with Gasteiger partial charge in [0.25, 0.3) is 0 Å². The molecule has 1 amide bonds. The highest BCUT2D eigenvalue weighted by Crippen LogP contribution is 2.03. The first-order chi connectivity index (χ1) is 9.16. The molecule has 0 spiro atoms. The molecular weight excluding hydrogens is 240 g/mol. The van der Waals surface area contributed by atoms with Gasteiger partial charge in [0.2, 0.25) is 5.91 Å². The molecule has 1 aliphatic heterocycles. The van der Waals surface area contributed by atoms with Crippen molar-refractivity contribution in [3.05, 3.63) is 29.6 Å². The lowest BCUT2D eigenvalue weighted by Crippen LogP contribution is -2.52. The standard InChI is InChI=1S/C14H22N4O/c1-11-3-4-13(9-16-11)10-17-14(19)12(2)18-7-5-15-6-8-18/h3-4,9,12,15H,5-8,10H2,1-2H3,(H,17,19).